The molecule has 2 aromatic rings. The van der Waals surface area contributed by atoms with Crippen LogP contribution in [0.4, 0.5) is 5.69 Å². The van der Waals surface area contributed by atoms with E-state index < -0.39 is 10.0 Å². The summed E-state index contributed by atoms with van der Waals surface area (Å²) in [5, 5.41) is 0. The van der Waals surface area contributed by atoms with Crippen molar-refractivity contribution in [2.75, 3.05) is 17.7 Å². The van der Waals surface area contributed by atoms with E-state index in [1.165, 1.54) is 26.6 Å². The Morgan fingerprint density at radius 2 is 1.72 bits per heavy atom. The van der Waals surface area contributed by atoms with Gasteiger partial charge in [0, 0.05) is 23.7 Å². The van der Waals surface area contributed by atoms with Crippen molar-refractivity contribution in [1.29, 1.82) is 0 Å². The first-order valence-electron chi connectivity index (χ1n) is 13.3. The van der Waals surface area contributed by atoms with Gasteiger partial charge < -0.3 is 4.90 Å². The van der Waals surface area contributed by atoms with Gasteiger partial charge in [-0.25, -0.2) is 12.7 Å². The molecular formula is C30H34N2O3S. The van der Waals surface area contributed by atoms with Crippen molar-refractivity contribution < 1.29 is 13.2 Å². The molecule has 6 heteroatoms. The second-order valence-electron chi connectivity index (χ2n) is 12.2. The Kier molecular flexibility index (Phi) is 4.55. The number of benzene rings is 2. The van der Waals surface area contributed by atoms with E-state index in [1.807, 2.05) is 12.1 Å². The molecule has 3 fully saturated rings. The van der Waals surface area contributed by atoms with Crippen LogP contribution >= 0.6 is 0 Å². The molecule has 5 aliphatic rings. The number of anilines is 1. The molecule has 1 amide bonds. The predicted molar refractivity (Wildman–Crippen MR) is 143 cm³/mol. The number of hydrogen-bond acceptors (Lipinski definition) is 4. The lowest BCUT2D eigenvalue weighted by atomic mass is 9.69. The van der Waals surface area contributed by atoms with Crippen LogP contribution in [0.5, 0.6) is 0 Å². The van der Waals surface area contributed by atoms with Crippen LogP contribution in [0.15, 0.2) is 54.6 Å². The van der Waals surface area contributed by atoms with Crippen molar-refractivity contribution >= 4 is 32.8 Å². The molecule has 5 nitrogen and oxygen atoms in total. The molecule has 0 N–H and O–H groups in total. The molecule has 1 saturated heterocycles. The fraction of sp³-hybridized carbons (Fsp3) is 0.500. The Labute approximate surface area is 214 Å². The van der Waals surface area contributed by atoms with Crippen LogP contribution in [0.25, 0.3) is 11.1 Å². The van der Waals surface area contributed by atoms with Gasteiger partial charge >= 0.3 is 0 Å². The van der Waals surface area contributed by atoms with Crippen LogP contribution in [-0.2, 0) is 14.8 Å². The quantitative estimate of drug-likeness (QED) is 0.567. The molecule has 5 atom stereocenters. The number of rotatable bonds is 2. The minimum atomic E-state index is -3.64. The van der Waals surface area contributed by atoms with Crippen LogP contribution in [0, 0.1) is 22.7 Å². The maximum atomic E-state index is 14.4. The lowest BCUT2D eigenvalue weighted by Crippen LogP contribution is -2.51. The number of sulfonamides is 1. The summed E-state index contributed by atoms with van der Waals surface area (Å²) in [5.41, 5.74) is 5.62. The van der Waals surface area contributed by atoms with E-state index in [9.17, 15) is 13.2 Å². The highest BCUT2D eigenvalue weighted by Crippen LogP contribution is 2.70. The van der Waals surface area contributed by atoms with Crippen molar-refractivity contribution in [3.05, 3.63) is 65.7 Å². The molecule has 1 spiro atoms. The van der Waals surface area contributed by atoms with Gasteiger partial charge in [-0.1, -0.05) is 62.4 Å². The highest BCUT2D eigenvalue weighted by molar-refractivity contribution is 7.90. The summed E-state index contributed by atoms with van der Waals surface area (Å²) in [6.45, 7) is 4.48. The summed E-state index contributed by atoms with van der Waals surface area (Å²) in [5.74, 6) is 0.0791. The van der Waals surface area contributed by atoms with Crippen molar-refractivity contribution in [3.8, 4) is 0 Å². The lowest BCUT2D eigenvalue weighted by Gasteiger charge is -2.40. The number of hydrogen-bond donors (Lipinski definition) is 0. The molecule has 7 rings (SSSR count). The SMILES string of the molecule is CN1c2ccccc2C2=C(c3ccccc3)CC[C@@H](C(=O)N3C4C[C@@H]5CC[C@@]4(CS3(=O)=O)C5(C)C)[C@@H]21. The van der Waals surface area contributed by atoms with Gasteiger partial charge in [-0.05, 0) is 66.2 Å². The molecule has 2 aromatic carbocycles. The third-order valence-corrected chi connectivity index (χ3v) is 12.7. The first-order valence-corrected chi connectivity index (χ1v) is 14.9. The summed E-state index contributed by atoms with van der Waals surface area (Å²) in [6, 6.07) is 18.5. The molecule has 36 heavy (non-hydrogen) atoms. The Balaban J connectivity index is 1.33. The van der Waals surface area contributed by atoms with Gasteiger partial charge in [-0.15, -0.1) is 0 Å². The number of carbonyl (C=O) groups is 1. The van der Waals surface area contributed by atoms with Crippen LogP contribution < -0.4 is 4.90 Å². The van der Waals surface area contributed by atoms with Gasteiger partial charge in [0.1, 0.15) is 0 Å². The van der Waals surface area contributed by atoms with Crippen molar-refractivity contribution in [2.24, 2.45) is 22.7 Å². The Morgan fingerprint density at radius 1 is 1.00 bits per heavy atom. The summed E-state index contributed by atoms with van der Waals surface area (Å²) < 4.78 is 28.8. The van der Waals surface area contributed by atoms with Crippen LogP contribution in [-0.4, -0.2) is 43.5 Å². The van der Waals surface area contributed by atoms with Crippen LogP contribution in [0.2, 0.25) is 0 Å². The number of fused-ring (bicyclic) bond motifs is 4. The fourth-order valence-corrected chi connectivity index (χ4v) is 11.4. The zero-order valence-corrected chi connectivity index (χ0v) is 22.1. The average Bonchev–Trinajstić information content (AvgIpc) is 3.46. The zero-order valence-electron chi connectivity index (χ0n) is 21.3. The highest BCUT2D eigenvalue weighted by atomic mass is 32.2. The maximum absolute atomic E-state index is 14.4. The molecule has 188 valence electrons. The third-order valence-electron chi connectivity index (χ3n) is 10.8. The van der Waals surface area contributed by atoms with Gasteiger partial charge in [-0.2, -0.15) is 0 Å². The molecule has 0 radical (unpaired) electrons. The molecule has 2 saturated carbocycles. The number of carbonyl (C=O) groups excluding carboxylic acids is 1. The standard InChI is InChI=1S/C30H34N2O3S/c1-29(2)20-15-16-30(29)18-36(34,35)32(25(30)17-20)28(33)23-14-13-21(19-9-5-4-6-10-19)26-22-11-7-8-12-24(22)31(3)27(23)26/h4-12,20,23,25,27H,13-18H2,1-3H3/t20-,23+,25?,27-,30-/m0/s1. The molecule has 1 unspecified atom stereocenters. The van der Waals surface area contributed by atoms with E-state index in [1.54, 1.807) is 0 Å². The molecular weight excluding hydrogens is 468 g/mol. The van der Waals surface area contributed by atoms with E-state index in [2.05, 4.69) is 68.3 Å². The Bertz CT molecular complexity index is 1410. The summed E-state index contributed by atoms with van der Waals surface area (Å²) in [4.78, 5) is 16.6. The molecule has 2 bridgehead atoms. The number of para-hydroxylation sites is 1. The summed E-state index contributed by atoms with van der Waals surface area (Å²) in [7, 11) is -1.58. The van der Waals surface area contributed by atoms with Gasteiger partial charge in [0.15, 0.2) is 0 Å². The topological polar surface area (TPSA) is 57.7 Å². The van der Waals surface area contributed by atoms with Crippen LogP contribution in [0.1, 0.15) is 57.1 Å². The van der Waals surface area contributed by atoms with Crippen LogP contribution in [0.3, 0.4) is 0 Å². The van der Waals surface area contributed by atoms with E-state index in [0.29, 0.717) is 12.3 Å². The zero-order chi connectivity index (χ0) is 25.0. The minimum Gasteiger partial charge on any atom is -0.366 e. The van der Waals surface area contributed by atoms with Gasteiger partial charge in [0.2, 0.25) is 15.9 Å². The first kappa shape index (κ1) is 22.6. The van der Waals surface area contributed by atoms with Crippen molar-refractivity contribution in [3.63, 3.8) is 0 Å². The summed E-state index contributed by atoms with van der Waals surface area (Å²) >= 11 is 0. The summed E-state index contributed by atoms with van der Waals surface area (Å²) in [6.07, 6.45) is 4.25. The lowest BCUT2D eigenvalue weighted by molar-refractivity contribution is -0.133. The van der Waals surface area contributed by atoms with E-state index in [4.69, 9.17) is 0 Å². The highest BCUT2D eigenvalue weighted by Gasteiger charge is 2.72. The Hall–Kier alpha value is -2.60. The van der Waals surface area contributed by atoms with Crippen molar-refractivity contribution in [2.45, 2.75) is 58.0 Å². The second kappa shape index (κ2) is 7.25. The monoisotopic (exact) mass is 502 g/mol. The maximum Gasteiger partial charge on any atom is 0.241 e. The average molecular weight is 503 g/mol. The minimum absolute atomic E-state index is 0.0434. The molecule has 2 aliphatic heterocycles. The molecule has 2 heterocycles. The van der Waals surface area contributed by atoms with E-state index >= 15 is 0 Å². The smallest absolute Gasteiger partial charge is 0.241 e. The predicted octanol–water partition coefficient (Wildman–Crippen LogP) is 5.19. The van der Waals surface area contributed by atoms with Gasteiger partial charge in [0.25, 0.3) is 0 Å². The first-order chi connectivity index (χ1) is 17.2. The normalized spacial score (nSPS) is 35.1. The third kappa shape index (κ3) is 2.66. The number of allylic oxidation sites excluding steroid dienone is 1. The van der Waals surface area contributed by atoms with E-state index in [-0.39, 0.29) is 40.5 Å². The second-order valence-corrected chi connectivity index (χ2v) is 14.1. The van der Waals surface area contributed by atoms with E-state index in [0.717, 1.165) is 31.4 Å². The Morgan fingerprint density at radius 3 is 2.47 bits per heavy atom. The largest absolute Gasteiger partial charge is 0.366 e. The van der Waals surface area contributed by atoms with Gasteiger partial charge in [-0.3, -0.25) is 4.79 Å². The molecule has 3 aliphatic carbocycles. The fourth-order valence-electron chi connectivity index (χ4n) is 8.86. The van der Waals surface area contributed by atoms with Gasteiger partial charge in [0.05, 0.1) is 23.8 Å². The number of likely N-dealkylation sites (N-methyl/N-ethyl adjacent to an activating group) is 1. The number of nitrogens with zero attached hydrogens (tertiary/aromatic N) is 2. The van der Waals surface area contributed by atoms with Crippen molar-refractivity contribution in [1.82, 2.24) is 4.31 Å². The number of amides is 1. The molecule has 0 aromatic heterocycles.